The van der Waals surface area contributed by atoms with Crippen molar-refractivity contribution in [2.45, 2.75) is 0 Å². The first-order chi connectivity index (χ1) is 10.1. The van der Waals surface area contributed by atoms with Crippen LogP contribution in [0.4, 0.5) is 4.79 Å². The van der Waals surface area contributed by atoms with Gasteiger partial charge in [-0.3, -0.25) is 10.1 Å². The van der Waals surface area contributed by atoms with Gasteiger partial charge in [-0.1, -0.05) is 0 Å². The molecule has 1 saturated heterocycles. The zero-order valence-electron chi connectivity index (χ0n) is 11.9. The minimum absolute atomic E-state index is 0.0975. The molecule has 0 aromatic heterocycles. The maximum absolute atomic E-state index is 11.4. The third-order valence-corrected chi connectivity index (χ3v) is 2.81. The number of methoxy groups -OCH3 is 3. The number of hydrogen-bond donors (Lipinski definition) is 1. The van der Waals surface area contributed by atoms with Crippen molar-refractivity contribution in [2.75, 3.05) is 27.9 Å². The molecule has 0 spiro atoms. The van der Waals surface area contributed by atoms with E-state index < -0.39 is 6.03 Å². The molecule has 3 amide bonds. The van der Waals surface area contributed by atoms with Crippen LogP contribution < -0.4 is 19.5 Å². The maximum atomic E-state index is 11.4. The summed E-state index contributed by atoms with van der Waals surface area (Å²) < 4.78 is 15.6. The Morgan fingerprint density at radius 1 is 1.14 bits per heavy atom. The quantitative estimate of drug-likeness (QED) is 0.634. The number of carbonyl (C=O) groups excluding carboxylic acids is 2. The second-order valence-corrected chi connectivity index (χ2v) is 4.11. The molecular formula is C13H15N3O5. The second kappa shape index (κ2) is 6.12. The highest BCUT2D eigenvalue weighted by Crippen LogP contribution is 2.37. The van der Waals surface area contributed by atoms with Gasteiger partial charge in [-0.2, -0.15) is 5.10 Å². The molecule has 21 heavy (non-hydrogen) atoms. The van der Waals surface area contributed by atoms with E-state index in [1.54, 1.807) is 12.1 Å². The summed E-state index contributed by atoms with van der Waals surface area (Å²) in [5.74, 6) is 1.02. The number of nitrogens with one attached hydrogen (secondary N) is 1. The Hall–Kier alpha value is -2.77. The Labute approximate surface area is 121 Å². The van der Waals surface area contributed by atoms with Crippen LogP contribution in [0.2, 0.25) is 0 Å². The van der Waals surface area contributed by atoms with Gasteiger partial charge in [0, 0.05) is 5.56 Å². The molecule has 112 valence electrons. The Morgan fingerprint density at radius 2 is 1.76 bits per heavy atom. The summed E-state index contributed by atoms with van der Waals surface area (Å²) in [5.41, 5.74) is 0.636. The fourth-order valence-corrected chi connectivity index (χ4v) is 1.84. The molecule has 0 unspecified atom stereocenters. The van der Waals surface area contributed by atoms with Crippen molar-refractivity contribution in [1.82, 2.24) is 10.3 Å². The summed E-state index contributed by atoms with van der Waals surface area (Å²) in [5, 5.41) is 7.12. The van der Waals surface area contributed by atoms with Crippen molar-refractivity contribution < 1.29 is 23.8 Å². The zero-order valence-corrected chi connectivity index (χ0v) is 11.9. The van der Waals surface area contributed by atoms with E-state index >= 15 is 0 Å². The van der Waals surface area contributed by atoms with Gasteiger partial charge in [-0.25, -0.2) is 9.80 Å². The molecule has 8 nitrogen and oxygen atoms in total. The first-order valence-electron chi connectivity index (χ1n) is 6.04. The summed E-state index contributed by atoms with van der Waals surface area (Å²) in [6.45, 7) is -0.0975. The second-order valence-electron chi connectivity index (χ2n) is 4.11. The standard InChI is InChI=1S/C13H15N3O5/c1-19-9-4-8(5-10(20-2)12(9)21-3)6-14-16-7-11(17)15-13(16)18/h4-6H,7H2,1-3H3,(H,15,17,18)/b14-6-. The maximum Gasteiger partial charge on any atom is 0.344 e. The SMILES string of the molecule is COc1cc(/C=N\N2CC(=O)NC2=O)cc(OC)c1OC. The average molecular weight is 293 g/mol. The van der Waals surface area contributed by atoms with Crippen LogP contribution in [0.3, 0.4) is 0 Å². The van der Waals surface area contributed by atoms with E-state index in [0.717, 1.165) is 5.01 Å². The lowest BCUT2D eigenvalue weighted by Gasteiger charge is -2.13. The summed E-state index contributed by atoms with van der Waals surface area (Å²) >= 11 is 0. The van der Waals surface area contributed by atoms with Crippen LogP contribution in [0.25, 0.3) is 0 Å². The van der Waals surface area contributed by atoms with E-state index in [-0.39, 0.29) is 12.5 Å². The van der Waals surface area contributed by atoms with E-state index in [9.17, 15) is 9.59 Å². The van der Waals surface area contributed by atoms with Crippen LogP contribution in [0, 0.1) is 0 Å². The van der Waals surface area contributed by atoms with Gasteiger partial charge in [-0.15, -0.1) is 0 Å². The molecule has 1 aromatic carbocycles. The van der Waals surface area contributed by atoms with Gasteiger partial charge >= 0.3 is 6.03 Å². The number of rotatable bonds is 5. The van der Waals surface area contributed by atoms with Gasteiger partial charge in [0.15, 0.2) is 11.5 Å². The molecule has 1 N–H and O–H groups in total. The number of ether oxygens (including phenoxy) is 3. The number of amides is 3. The third kappa shape index (κ3) is 3.04. The molecule has 0 atom stereocenters. The van der Waals surface area contributed by atoms with E-state index in [2.05, 4.69) is 10.4 Å². The molecule has 0 saturated carbocycles. The van der Waals surface area contributed by atoms with Gasteiger partial charge in [0.2, 0.25) is 11.7 Å². The Balaban J connectivity index is 2.28. The summed E-state index contributed by atoms with van der Waals surface area (Å²) in [7, 11) is 4.52. The Kier molecular flexibility index (Phi) is 4.27. The molecule has 1 fully saturated rings. The van der Waals surface area contributed by atoms with Crippen molar-refractivity contribution in [3.63, 3.8) is 0 Å². The minimum atomic E-state index is -0.552. The number of nitrogens with zero attached hydrogens (tertiary/aromatic N) is 2. The first-order valence-corrected chi connectivity index (χ1v) is 6.04. The highest BCUT2D eigenvalue weighted by atomic mass is 16.5. The average Bonchev–Trinajstić information content (AvgIpc) is 2.81. The molecule has 0 bridgehead atoms. The smallest absolute Gasteiger partial charge is 0.344 e. The van der Waals surface area contributed by atoms with Gasteiger partial charge in [0.05, 0.1) is 27.5 Å². The molecule has 1 aliphatic heterocycles. The number of hydrogen-bond acceptors (Lipinski definition) is 6. The number of carbonyl (C=O) groups is 2. The number of hydrazone groups is 1. The summed E-state index contributed by atoms with van der Waals surface area (Å²) in [6.07, 6.45) is 1.43. The molecule has 8 heteroatoms. The Bertz CT molecular complexity index is 574. The number of imide groups is 1. The lowest BCUT2D eigenvalue weighted by Crippen LogP contribution is -2.24. The van der Waals surface area contributed by atoms with Crippen LogP contribution in [0.15, 0.2) is 17.2 Å². The lowest BCUT2D eigenvalue weighted by molar-refractivity contribution is -0.118. The van der Waals surface area contributed by atoms with E-state index in [0.29, 0.717) is 22.8 Å². The predicted molar refractivity (Wildman–Crippen MR) is 73.9 cm³/mol. The summed E-state index contributed by atoms with van der Waals surface area (Å²) in [4.78, 5) is 22.4. The Morgan fingerprint density at radius 3 is 2.19 bits per heavy atom. The molecule has 0 radical (unpaired) electrons. The van der Waals surface area contributed by atoms with E-state index in [1.165, 1.54) is 27.5 Å². The van der Waals surface area contributed by atoms with Crippen molar-refractivity contribution >= 4 is 18.2 Å². The van der Waals surface area contributed by atoms with Crippen LogP contribution >= 0.6 is 0 Å². The largest absolute Gasteiger partial charge is 0.493 e. The van der Waals surface area contributed by atoms with Crippen molar-refractivity contribution in [1.29, 1.82) is 0 Å². The minimum Gasteiger partial charge on any atom is -0.493 e. The van der Waals surface area contributed by atoms with Crippen molar-refractivity contribution in [2.24, 2.45) is 5.10 Å². The predicted octanol–water partition coefficient (Wildman–Crippen LogP) is 0.598. The van der Waals surface area contributed by atoms with E-state index in [1.807, 2.05) is 0 Å². The molecule has 0 aliphatic carbocycles. The summed E-state index contributed by atoms with van der Waals surface area (Å²) in [6, 6.07) is 2.81. The highest BCUT2D eigenvalue weighted by molar-refractivity contribution is 6.02. The molecule has 1 heterocycles. The number of urea groups is 1. The van der Waals surface area contributed by atoms with E-state index in [4.69, 9.17) is 14.2 Å². The lowest BCUT2D eigenvalue weighted by atomic mass is 10.2. The third-order valence-electron chi connectivity index (χ3n) is 2.81. The highest BCUT2D eigenvalue weighted by Gasteiger charge is 2.26. The molecular weight excluding hydrogens is 278 g/mol. The van der Waals surface area contributed by atoms with Gasteiger partial charge < -0.3 is 14.2 Å². The van der Waals surface area contributed by atoms with Crippen LogP contribution in [0.5, 0.6) is 17.2 Å². The van der Waals surface area contributed by atoms with Crippen LogP contribution in [-0.4, -0.2) is 51.0 Å². The molecule has 1 aromatic rings. The van der Waals surface area contributed by atoms with Crippen LogP contribution in [-0.2, 0) is 4.79 Å². The molecule has 2 rings (SSSR count). The normalized spacial score (nSPS) is 14.5. The van der Waals surface area contributed by atoms with Gasteiger partial charge in [-0.05, 0) is 12.1 Å². The fourth-order valence-electron chi connectivity index (χ4n) is 1.84. The van der Waals surface area contributed by atoms with Gasteiger partial charge in [0.25, 0.3) is 0 Å². The number of benzene rings is 1. The molecule has 1 aliphatic rings. The van der Waals surface area contributed by atoms with Crippen molar-refractivity contribution in [3.05, 3.63) is 17.7 Å². The fraction of sp³-hybridized carbons (Fsp3) is 0.308. The monoisotopic (exact) mass is 293 g/mol. The van der Waals surface area contributed by atoms with Crippen molar-refractivity contribution in [3.8, 4) is 17.2 Å². The topological polar surface area (TPSA) is 89.5 Å². The first kappa shape index (κ1) is 14.6. The van der Waals surface area contributed by atoms with Crippen LogP contribution in [0.1, 0.15) is 5.56 Å². The zero-order chi connectivity index (χ0) is 15.4. The van der Waals surface area contributed by atoms with Gasteiger partial charge in [0.1, 0.15) is 6.54 Å².